The number of hydrogen-bond donors (Lipinski definition) is 2. The lowest BCUT2D eigenvalue weighted by Gasteiger charge is -2.10. The van der Waals surface area contributed by atoms with E-state index in [9.17, 15) is 9.59 Å². The van der Waals surface area contributed by atoms with Crippen molar-refractivity contribution in [2.75, 3.05) is 6.54 Å². The van der Waals surface area contributed by atoms with Crippen molar-refractivity contribution >= 4 is 40.6 Å². The number of amides is 1. The molecule has 7 heteroatoms. The molecule has 0 aliphatic carbocycles. The van der Waals surface area contributed by atoms with E-state index >= 15 is 0 Å². The molecular weight excluding hydrogens is 382 g/mol. The molecule has 140 valence electrons. The lowest BCUT2D eigenvalue weighted by Crippen LogP contribution is -2.25. The molecule has 1 amide bonds. The number of H-pyrrole nitrogens is 1. The Labute approximate surface area is 167 Å². The second-order valence-electron chi connectivity index (χ2n) is 6.32. The molecule has 1 heterocycles. The van der Waals surface area contributed by atoms with E-state index in [1.54, 1.807) is 30.3 Å². The molecule has 2 N–H and O–H groups in total. The highest BCUT2D eigenvalue weighted by Gasteiger charge is 2.10. The normalized spacial score (nSPS) is 10.9. The smallest absolute Gasteiger partial charge is 0.262 e. The number of aromatic nitrogens is 2. The van der Waals surface area contributed by atoms with Crippen LogP contribution in [0.1, 0.15) is 35.7 Å². The minimum absolute atomic E-state index is 0.157. The van der Waals surface area contributed by atoms with Crippen LogP contribution in [0.5, 0.6) is 0 Å². The van der Waals surface area contributed by atoms with Crippen molar-refractivity contribution in [2.45, 2.75) is 26.3 Å². The van der Waals surface area contributed by atoms with Gasteiger partial charge in [0, 0.05) is 17.1 Å². The summed E-state index contributed by atoms with van der Waals surface area (Å²) in [5, 5.41) is 4.00. The molecular formula is C20H20ClN3O2S. The molecule has 0 atom stereocenters. The molecule has 0 bridgehead atoms. The van der Waals surface area contributed by atoms with Gasteiger partial charge in [-0.25, -0.2) is 0 Å². The number of carbonyl (C=O) groups is 1. The molecule has 3 aromatic rings. The van der Waals surface area contributed by atoms with Gasteiger partial charge in [-0.2, -0.15) is 0 Å². The van der Waals surface area contributed by atoms with Crippen LogP contribution >= 0.6 is 23.8 Å². The first-order valence-corrected chi connectivity index (χ1v) is 9.57. The third-order valence-corrected chi connectivity index (χ3v) is 4.89. The van der Waals surface area contributed by atoms with E-state index in [-0.39, 0.29) is 11.5 Å². The van der Waals surface area contributed by atoms with E-state index in [1.807, 2.05) is 12.1 Å². The Morgan fingerprint density at radius 3 is 2.67 bits per heavy atom. The SMILES string of the molecule is CCCCNC(=O)c1ccc2c(=O)n(Cc3ccc(Cl)cc3)c(=S)[nH]c2c1. The fourth-order valence-electron chi connectivity index (χ4n) is 2.79. The molecule has 0 spiro atoms. The fourth-order valence-corrected chi connectivity index (χ4v) is 3.18. The maximum atomic E-state index is 12.9. The lowest BCUT2D eigenvalue weighted by atomic mass is 10.1. The van der Waals surface area contributed by atoms with Gasteiger partial charge in [0.25, 0.3) is 11.5 Å². The van der Waals surface area contributed by atoms with Crippen molar-refractivity contribution < 1.29 is 4.79 Å². The number of halogens is 1. The van der Waals surface area contributed by atoms with Crippen molar-refractivity contribution in [1.82, 2.24) is 14.9 Å². The Kier molecular flexibility index (Phi) is 6.08. The first-order valence-electron chi connectivity index (χ1n) is 8.79. The summed E-state index contributed by atoms with van der Waals surface area (Å²) in [6, 6.07) is 12.3. The van der Waals surface area contributed by atoms with E-state index < -0.39 is 0 Å². The molecule has 5 nitrogen and oxygen atoms in total. The third-order valence-electron chi connectivity index (χ3n) is 4.31. The van der Waals surface area contributed by atoms with Gasteiger partial charge >= 0.3 is 0 Å². The average molecular weight is 402 g/mol. The first-order chi connectivity index (χ1) is 13.0. The van der Waals surface area contributed by atoms with E-state index in [0.717, 1.165) is 18.4 Å². The topological polar surface area (TPSA) is 66.9 Å². The van der Waals surface area contributed by atoms with E-state index in [4.69, 9.17) is 23.8 Å². The first kappa shape index (κ1) is 19.3. The molecule has 0 saturated heterocycles. The van der Waals surface area contributed by atoms with Gasteiger partial charge in [0.05, 0.1) is 17.4 Å². The molecule has 0 aliphatic rings. The standard InChI is InChI=1S/C20H20ClN3O2S/c1-2-3-10-22-18(25)14-6-9-16-17(11-14)23-20(27)24(19(16)26)12-13-4-7-15(21)8-5-13/h4-9,11H,2-3,10,12H2,1H3,(H,22,25)(H,23,27). The van der Waals surface area contributed by atoms with Gasteiger partial charge in [-0.15, -0.1) is 0 Å². The predicted molar refractivity (Wildman–Crippen MR) is 111 cm³/mol. The number of nitrogens with one attached hydrogen (secondary N) is 2. The number of hydrogen-bond acceptors (Lipinski definition) is 3. The summed E-state index contributed by atoms with van der Waals surface area (Å²) in [4.78, 5) is 28.2. The van der Waals surface area contributed by atoms with Crippen molar-refractivity contribution in [3.05, 3.63) is 73.7 Å². The zero-order valence-corrected chi connectivity index (χ0v) is 16.5. The van der Waals surface area contributed by atoms with Gasteiger partial charge in [0.15, 0.2) is 4.77 Å². The van der Waals surface area contributed by atoms with Crippen LogP contribution in [-0.2, 0) is 6.54 Å². The summed E-state index contributed by atoms with van der Waals surface area (Å²) in [6.07, 6.45) is 1.94. The number of unbranched alkanes of at least 4 members (excludes halogenated alkanes) is 1. The number of benzene rings is 2. The largest absolute Gasteiger partial charge is 0.352 e. The van der Waals surface area contributed by atoms with Crippen molar-refractivity contribution in [1.29, 1.82) is 0 Å². The molecule has 1 aromatic heterocycles. The van der Waals surface area contributed by atoms with Crippen LogP contribution in [0, 0.1) is 4.77 Å². The number of fused-ring (bicyclic) bond motifs is 1. The Balaban J connectivity index is 1.94. The van der Waals surface area contributed by atoms with E-state index in [0.29, 0.717) is 39.3 Å². The Morgan fingerprint density at radius 2 is 1.96 bits per heavy atom. The summed E-state index contributed by atoms with van der Waals surface area (Å²) in [5.74, 6) is -0.157. The van der Waals surface area contributed by atoms with Crippen LogP contribution in [0.4, 0.5) is 0 Å². The Morgan fingerprint density at radius 1 is 1.22 bits per heavy atom. The minimum atomic E-state index is -0.193. The van der Waals surface area contributed by atoms with Gasteiger partial charge in [-0.1, -0.05) is 37.1 Å². The van der Waals surface area contributed by atoms with Crippen molar-refractivity contribution in [2.24, 2.45) is 0 Å². The predicted octanol–water partition coefficient (Wildman–Crippen LogP) is 4.29. The Hall–Kier alpha value is -2.44. The highest BCUT2D eigenvalue weighted by Crippen LogP contribution is 2.13. The second-order valence-corrected chi connectivity index (χ2v) is 7.14. The maximum absolute atomic E-state index is 12.9. The van der Waals surface area contributed by atoms with Crippen LogP contribution in [0.2, 0.25) is 5.02 Å². The third kappa shape index (κ3) is 4.46. The van der Waals surface area contributed by atoms with Crippen LogP contribution in [0.3, 0.4) is 0 Å². The highest BCUT2D eigenvalue weighted by molar-refractivity contribution is 7.71. The lowest BCUT2D eigenvalue weighted by molar-refractivity contribution is 0.0953. The van der Waals surface area contributed by atoms with Crippen molar-refractivity contribution in [3.63, 3.8) is 0 Å². The molecule has 0 unspecified atom stereocenters. The van der Waals surface area contributed by atoms with Crippen LogP contribution in [0.15, 0.2) is 47.3 Å². The Bertz CT molecular complexity index is 1090. The summed E-state index contributed by atoms with van der Waals surface area (Å²) < 4.78 is 1.81. The van der Waals surface area contributed by atoms with Crippen LogP contribution in [0.25, 0.3) is 10.9 Å². The molecule has 0 radical (unpaired) electrons. The second kappa shape index (κ2) is 8.50. The molecule has 27 heavy (non-hydrogen) atoms. The van der Waals surface area contributed by atoms with Gasteiger partial charge in [0.2, 0.25) is 0 Å². The number of nitrogens with zero attached hydrogens (tertiary/aromatic N) is 1. The summed E-state index contributed by atoms with van der Waals surface area (Å²) >= 11 is 11.3. The summed E-state index contributed by atoms with van der Waals surface area (Å²) in [5.41, 5.74) is 1.79. The zero-order valence-electron chi connectivity index (χ0n) is 14.9. The average Bonchev–Trinajstić information content (AvgIpc) is 2.66. The minimum Gasteiger partial charge on any atom is -0.352 e. The maximum Gasteiger partial charge on any atom is 0.262 e. The molecule has 0 aliphatic heterocycles. The highest BCUT2D eigenvalue weighted by atomic mass is 35.5. The monoisotopic (exact) mass is 401 g/mol. The number of rotatable bonds is 6. The van der Waals surface area contributed by atoms with E-state index in [1.165, 1.54) is 4.57 Å². The zero-order chi connectivity index (χ0) is 19.4. The van der Waals surface area contributed by atoms with Crippen LogP contribution in [-0.4, -0.2) is 22.0 Å². The van der Waals surface area contributed by atoms with Gasteiger partial charge in [-0.3, -0.25) is 14.2 Å². The van der Waals surface area contributed by atoms with Gasteiger partial charge < -0.3 is 10.3 Å². The van der Waals surface area contributed by atoms with Crippen molar-refractivity contribution in [3.8, 4) is 0 Å². The summed E-state index contributed by atoms with van der Waals surface area (Å²) in [6.45, 7) is 3.05. The van der Waals surface area contributed by atoms with Crippen LogP contribution < -0.4 is 10.9 Å². The molecule has 2 aromatic carbocycles. The van der Waals surface area contributed by atoms with E-state index in [2.05, 4.69) is 17.2 Å². The number of carbonyl (C=O) groups excluding carboxylic acids is 1. The fraction of sp³-hybridized carbons (Fsp3) is 0.250. The quantitative estimate of drug-likeness (QED) is 0.478. The number of aromatic amines is 1. The molecule has 0 fully saturated rings. The van der Waals surface area contributed by atoms with Gasteiger partial charge in [0.1, 0.15) is 0 Å². The molecule has 0 saturated carbocycles. The van der Waals surface area contributed by atoms with Gasteiger partial charge in [-0.05, 0) is 54.5 Å². The summed E-state index contributed by atoms with van der Waals surface area (Å²) in [7, 11) is 0. The molecule has 3 rings (SSSR count).